The zero-order chi connectivity index (χ0) is 37.8. The first-order valence-corrected chi connectivity index (χ1v) is 16.3. The van der Waals surface area contributed by atoms with Crippen LogP contribution in [0.1, 0.15) is 66.7 Å². The van der Waals surface area contributed by atoms with Crippen molar-refractivity contribution in [3.8, 4) is 17.0 Å². The molecule has 0 spiro atoms. The number of aromatic nitrogens is 2. The second-order valence-corrected chi connectivity index (χ2v) is 14.0. The molecule has 2 aromatic heterocycles. The molecule has 2 atom stereocenters. The summed E-state index contributed by atoms with van der Waals surface area (Å²) in [6.07, 6.45) is -1.89. The van der Waals surface area contributed by atoms with E-state index in [1.807, 2.05) is 0 Å². The highest BCUT2D eigenvalue weighted by atomic mass is 19.4. The minimum absolute atomic E-state index is 0.0628. The first-order chi connectivity index (χ1) is 24.3. The fourth-order valence-corrected chi connectivity index (χ4v) is 5.85. The predicted molar refractivity (Wildman–Crippen MR) is 181 cm³/mol. The van der Waals surface area contributed by atoms with E-state index in [9.17, 15) is 42.2 Å². The Bertz CT molecular complexity index is 2080. The number of urea groups is 1. The number of nitrogens with one attached hydrogen (secondary N) is 3. The lowest BCUT2D eigenvalue weighted by atomic mass is 9.81. The average Bonchev–Trinajstić information content (AvgIpc) is 3.87. The number of ether oxygens (including phenoxy) is 1. The highest BCUT2D eigenvalue weighted by Gasteiger charge is 2.57. The topological polar surface area (TPSA) is 189 Å². The second kappa shape index (κ2) is 13.0. The molecule has 4 aromatic rings. The Morgan fingerprint density at radius 2 is 1.71 bits per heavy atom. The van der Waals surface area contributed by atoms with Crippen LogP contribution in [-0.4, -0.2) is 69.5 Å². The number of hydrogen-bond acceptors (Lipinski definition) is 8. The van der Waals surface area contributed by atoms with Crippen molar-refractivity contribution in [2.45, 2.75) is 62.3 Å². The van der Waals surface area contributed by atoms with E-state index in [1.165, 1.54) is 45.0 Å². The summed E-state index contributed by atoms with van der Waals surface area (Å²) in [5.41, 5.74) is -1.05. The van der Waals surface area contributed by atoms with Gasteiger partial charge in [0.15, 0.2) is 0 Å². The number of nitrogens with two attached hydrogens (primary N) is 1. The van der Waals surface area contributed by atoms with Gasteiger partial charge in [0.1, 0.15) is 29.3 Å². The summed E-state index contributed by atoms with van der Waals surface area (Å²) in [5, 5.41) is 29.1. The number of alkyl halides is 3. The third-order valence-electron chi connectivity index (χ3n) is 9.18. The molecule has 2 aromatic carbocycles. The van der Waals surface area contributed by atoms with E-state index in [0.717, 1.165) is 36.6 Å². The lowest BCUT2D eigenvalue weighted by molar-refractivity contribution is -0.265. The summed E-state index contributed by atoms with van der Waals surface area (Å²) in [4.78, 5) is 47.4. The molecular weight excluding hydrogens is 688 g/mol. The number of aliphatic hydroxyl groups is 2. The number of pyridine rings is 2. The monoisotopic (exact) mass is 724 g/mol. The summed E-state index contributed by atoms with van der Waals surface area (Å²) >= 11 is 0. The Morgan fingerprint density at radius 1 is 1.02 bits per heavy atom. The number of rotatable bonds is 10. The third kappa shape index (κ3) is 7.08. The predicted octanol–water partition coefficient (Wildman–Crippen LogP) is 4.52. The van der Waals surface area contributed by atoms with Gasteiger partial charge in [0.2, 0.25) is 11.5 Å². The molecule has 3 heterocycles. The molecular formula is C36H36F4N6O6. The Kier molecular flexibility index (Phi) is 9.11. The number of fused-ring (bicyclic) bond motifs is 2. The molecule has 1 fully saturated rings. The minimum atomic E-state index is -5.43. The standard InChI is InChI=1S/C36H36F4N6O6/c1-33(2,50)15-44-32(49)45-25-12-21(10-20-11-22(18-4-5-18)14-42-27(20)25)30(47)43-16-35(51,36(38,39)40)26-13-24-29(52-17-34(24,3)31(41)48)28(46-26)19-6-8-23(37)9-7-19/h6-14,18,50-51H,4-5,15-17H2,1-3H3,(H2,41,48)(H,43,47)(H2,44,45,49)/t34-,35?/m0/s1. The van der Waals surface area contributed by atoms with Crippen molar-refractivity contribution in [2.24, 2.45) is 5.73 Å². The molecule has 12 nitrogen and oxygen atoms in total. The molecule has 7 N–H and O–H groups in total. The normalized spacial score (nSPS) is 18.2. The smallest absolute Gasteiger partial charge is 0.424 e. The number of anilines is 1. The lowest BCUT2D eigenvalue weighted by Gasteiger charge is -2.31. The van der Waals surface area contributed by atoms with Crippen LogP contribution < -0.4 is 26.4 Å². The van der Waals surface area contributed by atoms with E-state index in [1.54, 1.807) is 12.3 Å². The van der Waals surface area contributed by atoms with Crippen LogP contribution in [0.2, 0.25) is 0 Å². The summed E-state index contributed by atoms with van der Waals surface area (Å²) in [6.45, 7) is 2.48. The van der Waals surface area contributed by atoms with Crippen molar-refractivity contribution in [3.05, 3.63) is 82.9 Å². The first kappa shape index (κ1) is 36.4. The molecule has 16 heteroatoms. The first-order valence-electron chi connectivity index (χ1n) is 16.3. The van der Waals surface area contributed by atoms with E-state index < -0.39 is 58.7 Å². The number of carbonyl (C=O) groups is 3. The van der Waals surface area contributed by atoms with Gasteiger partial charge >= 0.3 is 12.2 Å². The molecule has 0 bridgehead atoms. The summed E-state index contributed by atoms with van der Waals surface area (Å²) in [7, 11) is 0. The van der Waals surface area contributed by atoms with Crippen molar-refractivity contribution in [1.29, 1.82) is 0 Å². The Morgan fingerprint density at radius 3 is 2.33 bits per heavy atom. The number of primary amides is 1. The van der Waals surface area contributed by atoms with Gasteiger partial charge in [-0.2, -0.15) is 13.2 Å². The number of benzene rings is 2. The molecule has 1 saturated carbocycles. The van der Waals surface area contributed by atoms with Crippen LogP contribution >= 0.6 is 0 Å². The number of carbonyl (C=O) groups excluding carboxylic acids is 3. The number of halogens is 4. The van der Waals surface area contributed by atoms with Gasteiger partial charge in [-0.25, -0.2) is 14.2 Å². The van der Waals surface area contributed by atoms with Gasteiger partial charge in [0, 0.05) is 34.8 Å². The van der Waals surface area contributed by atoms with Gasteiger partial charge in [0.05, 0.1) is 29.0 Å². The number of nitrogens with zero attached hydrogens (tertiary/aromatic N) is 2. The van der Waals surface area contributed by atoms with E-state index in [4.69, 9.17) is 10.5 Å². The van der Waals surface area contributed by atoms with Crippen molar-refractivity contribution in [3.63, 3.8) is 0 Å². The highest BCUT2D eigenvalue weighted by Crippen LogP contribution is 2.48. The van der Waals surface area contributed by atoms with Gasteiger partial charge in [0.25, 0.3) is 5.91 Å². The van der Waals surface area contributed by atoms with Crippen LogP contribution in [0.15, 0.2) is 54.7 Å². The van der Waals surface area contributed by atoms with Gasteiger partial charge in [-0.15, -0.1) is 0 Å². The molecule has 2 aliphatic rings. The molecule has 1 aliphatic carbocycles. The van der Waals surface area contributed by atoms with Crippen LogP contribution in [0.3, 0.4) is 0 Å². The zero-order valence-electron chi connectivity index (χ0n) is 28.3. The summed E-state index contributed by atoms with van der Waals surface area (Å²) < 4.78 is 64.3. The largest absolute Gasteiger partial charge is 0.489 e. The quantitative estimate of drug-likeness (QED) is 0.129. The Hall–Kier alpha value is -5.35. The van der Waals surface area contributed by atoms with Gasteiger partial charge in [-0.3, -0.25) is 14.6 Å². The molecule has 1 aliphatic heterocycles. The van der Waals surface area contributed by atoms with Crippen LogP contribution in [-0.2, 0) is 15.8 Å². The number of hydrogen-bond donors (Lipinski definition) is 6. The van der Waals surface area contributed by atoms with Crippen molar-refractivity contribution >= 4 is 34.4 Å². The fraction of sp³-hybridized carbons (Fsp3) is 0.361. The van der Waals surface area contributed by atoms with Crippen molar-refractivity contribution < 1.29 is 46.9 Å². The molecule has 274 valence electrons. The Labute approximate surface area is 294 Å². The van der Waals surface area contributed by atoms with Crippen LogP contribution in [0.25, 0.3) is 22.2 Å². The molecule has 52 heavy (non-hydrogen) atoms. The van der Waals surface area contributed by atoms with Crippen LogP contribution in [0.4, 0.5) is 28.0 Å². The molecule has 1 unspecified atom stereocenters. The highest BCUT2D eigenvalue weighted by molar-refractivity contribution is 6.05. The molecule has 0 radical (unpaired) electrons. The molecule has 0 saturated heterocycles. The van der Waals surface area contributed by atoms with Gasteiger partial charge in [-0.1, -0.05) is 0 Å². The Balaban J connectivity index is 1.37. The summed E-state index contributed by atoms with van der Waals surface area (Å²) in [5.74, 6) is -2.37. The second-order valence-electron chi connectivity index (χ2n) is 14.0. The molecule has 6 rings (SSSR count). The third-order valence-corrected chi connectivity index (χ3v) is 9.18. The van der Waals surface area contributed by atoms with Crippen molar-refractivity contribution in [2.75, 3.05) is 25.0 Å². The van der Waals surface area contributed by atoms with E-state index in [0.29, 0.717) is 10.9 Å². The fourth-order valence-electron chi connectivity index (χ4n) is 5.85. The van der Waals surface area contributed by atoms with E-state index in [-0.39, 0.29) is 52.9 Å². The van der Waals surface area contributed by atoms with Crippen LogP contribution in [0, 0.1) is 5.82 Å². The average molecular weight is 725 g/mol. The van der Waals surface area contributed by atoms with Gasteiger partial charge < -0.3 is 36.6 Å². The maximum absolute atomic E-state index is 14.9. The number of amides is 4. The van der Waals surface area contributed by atoms with Crippen molar-refractivity contribution in [1.82, 2.24) is 20.6 Å². The van der Waals surface area contributed by atoms with Crippen LogP contribution in [0.5, 0.6) is 5.75 Å². The lowest BCUT2D eigenvalue weighted by Crippen LogP contribution is -2.51. The maximum Gasteiger partial charge on any atom is 0.424 e. The van der Waals surface area contributed by atoms with Gasteiger partial charge in [-0.05, 0) is 93.6 Å². The summed E-state index contributed by atoms with van der Waals surface area (Å²) in [6, 6.07) is 9.18. The molecule has 4 amide bonds. The minimum Gasteiger partial charge on any atom is -0.489 e. The van der Waals surface area contributed by atoms with E-state index >= 15 is 0 Å². The maximum atomic E-state index is 14.9. The van der Waals surface area contributed by atoms with E-state index in [2.05, 4.69) is 25.9 Å². The zero-order valence-corrected chi connectivity index (χ0v) is 28.3. The SMILES string of the molecule is CC(C)(O)CNC(=O)Nc1cc(C(=O)NCC(O)(c2cc3c(c(-c4ccc(F)cc4)n2)OC[C@]3(C)C(N)=O)C(F)(F)F)cc2cc(C3CC3)cnc12.